The first kappa shape index (κ1) is 21.6. The van der Waals surface area contributed by atoms with E-state index in [-0.39, 0.29) is 29.9 Å². The Balaban J connectivity index is 1.51. The summed E-state index contributed by atoms with van der Waals surface area (Å²) in [6.07, 6.45) is 5.20. The molecule has 5 nitrogen and oxygen atoms in total. The Morgan fingerprint density at radius 1 is 1.00 bits per heavy atom. The number of hydrogen-bond acceptors (Lipinski definition) is 3. The van der Waals surface area contributed by atoms with Gasteiger partial charge in [-0.3, -0.25) is 9.59 Å². The molecule has 0 radical (unpaired) electrons. The van der Waals surface area contributed by atoms with Crippen LogP contribution in [0.5, 0.6) is 0 Å². The van der Waals surface area contributed by atoms with E-state index in [1.54, 1.807) is 0 Å². The average molecular weight is 420 g/mol. The number of benzene rings is 2. The van der Waals surface area contributed by atoms with Gasteiger partial charge in [0.1, 0.15) is 6.04 Å². The first-order valence-electron chi connectivity index (χ1n) is 11.4. The summed E-state index contributed by atoms with van der Waals surface area (Å²) in [7, 11) is 4.05. The number of hydrogen-bond donors (Lipinski definition) is 1. The molecule has 164 valence electrons. The normalized spacial score (nSPS) is 24.0. The molecule has 1 heterocycles. The van der Waals surface area contributed by atoms with Gasteiger partial charge in [-0.25, -0.2) is 0 Å². The molecule has 2 aromatic rings. The molecule has 2 aromatic carbocycles. The van der Waals surface area contributed by atoms with E-state index in [1.165, 1.54) is 12.0 Å². The van der Waals surface area contributed by atoms with Gasteiger partial charge in [0.25, 0.3) is 5.91 Å². The summed E-state index contributed by atoms with van der Waals surface area (Å²) in [4.78, 5) is 30.8. The first-order valence-corrected chi connectivity index (χ1v) is 11.4. The van der Waals surface area contributed by atoms with Crippen LogP contribution in [0.25, 0.3) is 0 Å². The minimum atomic E-state index is -0.389. The van der Waals surface area contributed by atoms with Crippen molar-refractivity contribution in [1.29, 1.82) is 0 Å². The molecular weight excluding hydrogens is 386 g/mol. The number of nitrogens with zero attached hydrogens (tertiary/aromatic N) is 2. The van der Waals surface area contributed by atoms with Crippen molar-refractivity contribution in [2.75, 3.05) is 20.6 Å². The molecule has 1 aliphatic carbocycles. The Hall–Kier alpha value is -2.66. The van der Waals surface area contributed by atoms with Gasteiger partial charge in [0, 0.05) is 18.2 Å². The maximum atomic E-state index is 13.4. The molecule has 0 aromatic heterocycles. The van der Waals surface area contributed by atoms with Gasteiger partial charge in [-0.2, -0.15) is 0 Å². The fourth-order valence-corrected chi connectivity index (χ4v) is 5.30. The fourth-order valence-electron chi connectivity index (χ4n) is 5.30. The summed E-state index contributed by atoms with van der Waals surface area (Å²) in [6.45, 7) is 0.523. The van der Waals surface area contributed by atoms with E-state index >= 15 is 0 Å². The van der Waals surface area contributed by atoms with Gasteiger partial charge in [-0.15, -0.1) is 0 Å². The molecule has 1 saturated heterocycles. The topological polar surface area (TPSA) is 52.7 Å². The van der Waals surface area contributed by atoms with Crippen LogP contribution in [-0.4, -0.2) is 54.3 Å². The standard InChI is InChI=1S/C26H33N3O2/c1-28(2)24(19-11-5-3-6-12-19)18-27-25(30)23-17-21-15-9-10-16-22(21)29(23)26(31)20-13-7-4-8-14-20/h3-8,11-14,21-24H,9-10,15-18H2,1-2H3,(H,27,30). The van der Waals surface area contributed by atoms with Gasteiger partial charge < -0.3 is 15.1 Å². The van der Waals surface area contributed by atoms with Crippen molar-refractivity contribution in [3.8, 4) is 0 Å². The third-order valence-electron chi connectivity index (χ3n) is 6.92. The van der Waals surface area contributed by atoms with Crippen LogP contribution in [0.2, 0.25) is 0 Å². The number of likely N-dealkylation sites (N-methyl/N-ethyl adjacent to an activating group) is 1. The Bertz CT molecular complexity index is 884. The summed E-state index contributed by atoms with van der Waals surface area (Å²) >= 11 is 0. The lowest BCUT2D eigenvalue weighted by Crippen LogP contribution is -2.50. The number of rotatable bonds is 6. The van der Waals surface area contributed by atoms with Gasteiger partial charge in [-0.05, 0) is 57.0 Å². The number of carbonyl (C=O) groups excluding carboxylic acids is 2. The SMILES string of the molecule is CN(C)C(CNC(=O)C1CC2CCCCC2N1C(=O)c1ccccc1)c1ccccc1. The van der Waals surface area contributed by atoms with E-state index in [2.05, 4.69) is 22.3 Å². The van der Waals surface area contributed by atoms with Crippen molar-refractivity contribution in [1.82, 2.24) is 15.1 Å². The van der Waals surface area contributed by atoms with Gasteiger partial charge in [0.2, 0.25) is 5.91 Å². The molecule has 1 saturated carbocycles. The monoisotopic (exact) mass is 419 g/mol. The molecule has 4 unspecified atom stereocenters. The molecule has 31 heavy (non-hydrogen) atoms. The molecule has 5 heteroatoms. The zero-order valence-electron chi connectivity index (χ0n) is 18.5. The lowest BCUT2D eigenvalue weighted by atomic mass is 9.84. The average Bonchev–Trinajstić information content (AvgIpc) is 3.19. The largest absolute Gasteiger partial charge is 0.352 e. The lowest BCUT2D eigenvalue weighted by molar-refractivity contribution is -0.125. The molecule has 1 aliphatic heterocycles. The summed E-state index contributed by atoms with van der Waals surface area (Å²) < 4.78 is 0. The maximum absolute atomic E-state index is 13.4. The van der Waals surface area contributed by atoms with Crippen LogP contribution in [0.1, 0.15) is 54.1 Å². The molecule has 2 aliphatic rings. The van der Waals surface area contributed by atoms with Crippen LogP contribution in [0, 0.1) is 5.92 Å². The zero-order chi connectivity index (χ0) is 21.8. The number of amides is 2. The molecule has 2 amide bonds. The number of likely N-dealkylation sites (tertiary alicyclic amines) is 1. The highest BCUT2D eigenvalue weighted by Crippen LogP contribution is 2.40. The highest BCUT2D eigenvalue weighted by molar-refractivity contribution is 5.98. The minimum Gasteiger partial charge on any atom is -0.352 e. The second-order valence-electron chi connectivity index (χ2n) is 9.08. The molecule has 1 N–H and O–H groups in total. The van der Waals surface area contributed by atoms with E-state index in [4.69, 9.17) is 0 Å². The maximum Gasteiger partial charge on any atom is 0.254 e. The van der Waals surface area contributed by atoms with Crippen molar-refractivity contribution in [2.45, 2.75) is 50.2 Å². The summed E-state index contributed by atoms with van der Waals surface area (Å²) in [6, 6.07) is 19.5. The third kappa shape index (κ3) is 4.67. The second kappa shape index (κ2) is 9.65. The molecule has 0 spiro atoms. The van der Waals surface area contributed by atoms with Gasteiger partial charge in [0.05, 0.1) is 6.04 Å². The minimum absolute atomic E-state index is 0.0117. The Morgan fingerprint density at radius 2 is 1.65 bits per heavy atom. The van der Waals surface area contributed by atoms with Crippen LogP contribution in [0.15, 0.2) is 60.7 Å². The quantitative estimate of drug-likeness (QED) is 0.773. The van der Waals surface area contributed by atoms with E-state index in [9.17, 15) is 9.59 Å². The third-order valence-corrected chi connectivity index (χ3v) is 6.92. The lowest BCUT2D eigenvalue weighted by Gasteiger charge is -2.34. The van der Waals surface area contributed by atoms with Crippen LogP contribution >= 0.6 is 0 Å². The Morgan fingerprint density at radius 3 is 2.32 bits per heavy atom. The van der Waals surface area contributed by atoms with Crippen molar-refractivity contribution >= 4 is 11.8 Å². The highest BCUT2D eigenvalue weighted by atomic mass is 16.2. The molecular formula is C26H33N3O2. The van der Waals surface area contributed by atoms with Crippen molar-refractivity contribution in [2.24, 2.45) is 5.92 Å². The Labute approximate surface area is 185 Å². The van der Waals surface area contributed by atoms with Crippen LogP contribution in [-0.2, 0) is 4.79 Å². The molecule has 4 atom stereocenters. The number of fused-ring (bicyclic) bond motifs is 1. The van der Waals surface area contributed by atoms with Crippen LogP contribution in [0.4, 0.5) is 0 Å². The van der Waals surface area contributed by atoms with Crippen LogP contribution in [0.3, 0.4) is 0 Å². The first-order chi connectivity index (χ1) is 15.1. The van der Waals surface area contributed by atoms with Crippen molar-refractivity contribution < 1.29 is 9.59 Å². The van der Waals surface area contributed by atoms with E-state index in [0.717, 1.165) is 25.7 Å². The fraction of sp³-hybridized carbons (Fsp3) is 0.462. The highest BCUT2D eigenvalue weighted by Gasteiger charge is 2.47. The van der Waals surface area contributed by atoms with Gasteiger partial charge in [0.15, 0.2) is 0 Å². The van der Waals surface area contributed by atoms with Crippen molar-refractivity contribution in [3.05, 3.63) is 71.8 Å². The predicted octanol–water partition coefficient (Wildman–Crippen LogP) is 3.88. The van der Waals surface area contributed by atoms with E-state index in [1.807, 2.05) is 67.5 Å². The van der Waals surface area contributed by atoms with Crippen molar-refractivity contribution in [3.63, 3.8) is 0 Å². The molecule has 4 rings (SSSR count). The summed E-state index contributed by atoms with van der Waals surface area (Å²) in [5.41, 5.74) is 1.84. The number of nitrogens with one attached hydrogen (secondary N) is 1. The Kier molecular flexibility index (Phi) is 6.71. The van der Waals surface area contributed by atoms with E-state index < -0.39 is 0 Å². The predicted molar refractivity (Wildman–Crippen MR) is 123 cm³/mol. The molecule has 0 bridgehead atoms. The van der Waals surface area contributed by atoms with Crippen LogP contribution < -0.4 is 5.32 Å². The zero-order valence-corrected chi connectivity index (χ0v) is 18.5. The van der Waals surface area contributed by atoms with Gasteiger partial charge >= 0.3 is 0 Å². The van der Waals surface area contributed by atoms with Gasteiger partial charge in [-0.1, -0.05) is 61.4 Å². The number of carbonyl (C=O) groups is 2. The smallest absolute Gasteiger partial charge is 0.254 e. The second-order valence-corrected chi connectivity index (χ2v) is 9.08. The molecule has 2 fully saturated rings. The van der Waals surface area contributed by atoms with E-state index in [0.29, 0.717) is 18.0 Å². The summed E-state index contributed by atoms with van der Waals surface area (Å²) in [5, 5.41) is 3.18. The summed E-state index contributed by atoms with van der Waals surface area (Å²) in [5.74, 6) is 0.389.